The minimum Gasteiger partial charge on any atom is -0.377 e. The smallest absolute Gasteiger partial charge is 0.244 e. The summed E-state index contributed by atoms with van der Waals surface area (Å²) < 4.78 is 31.6. The Kier molecular flexibility index (Phi) is 4.89. The number of ether oxygens (including phenoxy) is 1. The fourth-order valence-electron chi connectivity index (χ4n) is 2.16. The second-order valence-corrected chi connectivity index (χ2v) is 7.08. The highest BCUT2D eigenvalue weighted by Crippen LogP contribution is 2.19. The Morgan fingerprint density at radius 1 is 1.53 bits per heavy atom. The maximum absolute atomic E-state index is 12.3. The Morgan fingerprint density at radius 3 is 2.89 bits per heavy atom. The second kappa shape index (κ2) is 6.26. The molecule has 19 heavy (non-hydrogen) atoms. The lowest BCUT2D eigenvalue weighted by atomic mass is 10.1. The molecule has 0 aromatic carbocycles. The van der Waals surface area contributed by atoms with Crippen molar-refractivity contribution in [3.63, 3.8) is 0 Å². The lowest BCUT2D eigenvalue weighted by molar-refractivity contribution is 0.00859. The predicted molar refractivity (Wildman–Crippen MR) is 73.8 cm³/mol. The topological polar surface area (TPSA) is 62.4 Å². The molecule has 0 aliphatic carbocycles. The highest BCUT2D eigenvalue weighted by atomic mass is 35.5. The maximum Gasteiger partial charge on any atom is 0.244 e. The summed E-state index contributed by atoms with van der Waals surface area (Å²) in [5.74, 6) is 0.269. The van der Waals surface area contributed by atoms with Gasteiger partial charge in [0, 0.05) is 32.1 Å². The number of rotatable bonds is 5. The van der Waals surface area contributed by atoms with E-state index in [1.54, 1.807) is 13.1 Å². The molecule has 1 N–H and O–H groups in total. The van der Waals surface area contributed by atoms with E-state index < -0.39 is 10.0 Å². The number of hydrogen-bond acceptors (Lipinski definition) is 3. The largest absolute Gasteiger partial charge is 0.377 e. The van der Waals surface area contributed by atoms with Gasteiger partial charge in [-0.25, -0.2) is 8.42 Å². The van der Waals surface area contributed by atoms with Crippen molar-refractivity contribution in [3.8, 4) is 0 Å². The van der Waals surface area contributed by atoms with Gasteiger partial charge in [-0.15, -0.1) is 11.6 Å². The number of sulfonamides is 1. The van der Waals surface area contributed by atoms with E-state index in [2.05, 4.69) is 4.98 Å². The summed E-state index contributed by atoms with van der Waals surface area (Å²) >= 11 is 5.67. The normalized spacial score (nSPS) is 20.9. The molecule has 1 aliphatic heterocycles. The van der Waals surface area contributed by atoms with Crippen molar-refractivity contribution in [1.29, 1.82) is 0 Å². The van der Waals surface area contributed by atoms with E-state index in [9.17, 15) is 8.42 Å². The van der Waals surface area contributed by atoms with Crippen LogP contribution in [0, 0.1) is 0 Å². The van der Waals surface area contributed by atoms with E-state index in [1.165, 1.54) is 10.5 Å². The average Bonchev–Trinajstić information content (AvgIpc) is 2.89. The van der Waals surface area contributed by atoms with Crippen molar-refractivity contribution in [3.05, 3.63) is 18.0 Å². The lowest BCUT2D eigenvalue weighted by Crippen LogP contribution is -2.37. The molecule has 0 saturated carbocycles. The zero-order chi connectivity index (χ0) is 13.9. The van der Waals surface area contributed by atoms with Gasteiger partial charge in [0.2, 0.25) is 10.0 Å². The monoisotopic (exact) mass is 306 g/mol. The average molecular weight is 307 g/mol. The Balaban J connectivity index is 2.05. The zero-order valence-electron chi connectivity index (χ0n) is 10.9. The van der Waals surface area contributed by atoms with Crippen molar-refractivity contribution in [2.75, 3.05) is 20.2 Å². The van der Waals surface area contributed by atoms with Gasteiger partial charge in [0.05, 0.1) is 16.9 Å². The maximum atomic E-state index is 12.3. The first kappa shape index (κ1) is 14.8. The molecule has 108 valence electrons. The summed E-state index contributed by atoms with van der Waals surface area (Å²) in [6.07, 6.45) is 4.55. The number of H-pyrrole nitrogens is 1. The summed E-state index contributed by atoms with van der Waals surface area (Å²) in [5, 5.41) is 0. The van der Waals surface area contributed by atoms with Crippen molar-refractivity contribution in [2.24, 2.45) is 0 Å². The number of alkyl halides is 1. The molecule has 0 spiro atoms. The van der Waals surface area contributed by atoms with Crippen molar-refractivity contribution < 1.29 is 13.2 Å². The number of halogens is 1. The van der Waals surface area contributed by atoms with Crippen LogP contribution in [0.5, 0.6) is 0 Å². The molecule has 2 heterocycles. The summed E-state index contributed by atoms with van der Waals surface area (Å²) in [6, 6.07) is 1.57. The third kappa shape index (κ3) is 3.51. The molecule has 7 heteroatoms. The van der Waals surface area contributed by atoms with Crippen molar-refractivity contribution in [1.82, 2.24) is 9.29 Å². The molecule has 1 aliphatic rings. The number of nitrogens with one attached hydrogen (secondary N) is 1. The van der Waals surface area contributed by atoms with Gasteiger partial charge in [0.25, 0.3) is 0 Å². The Morgan fingerprint density at radius 2 is 2.32 bits per heavy atom. The van der Waals surface area contributed by atoms with Crippen LogP contribution in [0.25, 0.3) is 0 Å². The standard InChI is InChI=1S/C12H19ClN2O3S/c1-15(9-11-4-2-3-5-18-11)19(16,17)12-6-10(7-13)14-8-12/h6,8,11,14H,2-5,7,9H2,1H3. The third-order valence-corrected chi connectivity index (χ3v) is 5.39. The van der Waals surface area contributed by atoms with Crippen LogP contribution in [0.3, 0.4) is 0 Å². The summed E-state index contributed by atoms with van der Waals surface area (Å²) in [4.78, 5) is 3.10. The van der Waals surface area contributed by atoms with E-state index in [0.29, 0.717) is 12.2 Å². The Bertz CT molecular complexity index is 509. The Hall–Kier alpha value is -0.560. The van der Waals surface area contributed by atoms with Crippen LogP contribution < -0.4 is 0 Å². The number of hydrogen-bond donors (Lipinski definition) is 1. The van der Waals surface area contributed by atoms with Crippen LogP contribution >= 0.6 is 11.6 Å². The van der Waals surface area contributed by atoms with Crippen LogP contribution in [0.15, 0.2) is 17.2 Å². The second-order valence-electron chi connectivity index (χ2n) is 4.77. The van der Waals surface area contributed by atoms with Crippen LogP contribution in [0.1, 0.15) is 25.0 Å². The fraction of sp³-hybridized carbons (Fsp3) is 0.667. The van der Waals surface area contributed by atoms with E-state index in [1.807, 2.05) is 0 Å². The molecule has 1 unspecified atom stereocenters. The number of aromatic nitrogens is 1. The van der Waals surface area contributed by atoms with Crippen LogP contribution in [-0.4, -0.2) is 44.0 Å². The molecule has 5 nitrogen and oxygen atoms in total. The van der Waals surface area contributed by atoms with Crippen LogP contribution in [0.4, 0.5) is 0 Å². The molecule has 0 bridgehead atoms. The molecule has 1 aromatic heterocycles. The number of nitrogens with zero attached hydrogens (tertiary/aromatic N) is 1. The molecular formula is C12H19ClN2O3S. The SMILES string of the molecule is CN(CC1CCCCO1)S(=O)(=O)c1c[nH]c(CCl)c1. The summed E-state index contributed by atoms with van der Waals surface area (Å²) in [5.41, 5.74) is 0.697. The van der Waals surface area contributed by atoms with E-state index >= 15 is 0 Å². The first-order valence-corrected chi connectivity index (χ1v) is 8.32. The number of aromatic amines is 1. The molecule has 0 radical (unpaired) electrons. The van der Waals surface area contributed by atoms with Gasteiger partial charge in [-0.1, -0.05) is 0 Å². The van der Waals surface area contributed by atoms with Crippen LogP contribution in [0.2, 0.25) is 0 Å². The Labute approximate surface area is 118 Å². The van der Waals surface area contributed by atoms with Gasteiger partial charge >= 0.3 is 0 Å². The van der Waals surface area contributed by atoms with E-state index in [-0.39, 0.29) is 16.9 Å². The molecule has 1 aromatic rings. The van der Waals surface area contributed by atoms with E-state index in [4.69, 9.17) is 16.3 Å². The van der Waals surface area contributed by atoms with Gasteiger partial charge < -0.3 is 9.72 Å². The molecule has 0 amide bonds. The molecular weight excluding hydrogens is 288 g/mol. The number of likely N-dealkylation sites (N-methyl/N-ethyl adjacent to an activating group) is 1. The van der Waals surface area contributed by atoms with Crippen LogP contribution in [-0.2, 0) is 20.6 Å². The predicted octanol–water partition coefficient (Wildman–Crippen LogP) is 1.94. The van der Waals surface area contributed by atoms with Crippen molar-refractivity contribution >= 4 is 21.6 Å². The molecule has 1 saturated heterocycles. The van der Waals surface area contributed by atoms with Gasteiger partial charge in [0.1, 0.15) is 0 Å². The van der Waals surface area contributed by atoms with Gasteiger partial charge in [0.15, 0.2) is 0 Å². The van der Waals surface area contributed by atoms with Crippen molar-refractivity contribution in [2.45, 2.75) is 36.1 Å². The molecule has 1 fully saturated rings. The highest BCUT2D eigenvalue weighted by Gasteiger charge is 2.26. The van der Waals surface area contributed by atoms with E-state index in [0.717, 1.165) is 25.9 Å². The van der Waals surface area contributed by atoms with Gasteiger partial charge in [-0.3, -0.25) is 0 Å². The highest BCUT2D eigenvalue weighted by molar-refractivity contribution is 7.89. The lowest BCUT2D eigenvalue weighted by Gasteiger charge is -2.26. The minimum absolute atomic E-state index is 0.0000331. The molecule has 1 atom stereocenters. The summed E-state index contributed by atoms with van der Waals surface area (Å²) in [7, 11) is -1.88. The quantitative estimate of drug-likeness (QED) is 0.846. The van der Waals surface area contributed by atoms with Gasteiger partial charge in [-0.05, 0) is 25.3 Å². The van der Waals surface area contributed by atoms with Gasteiger partial charge in [-0.2, -0.15) is 4.31 Å². The minimum atomic E-state index is -3.46. The fourth-order valence-corrected chi connectivity index (χ4v) is 3.54. The zero-order valence-corrected chi connectivity index (χ0v) is 12.5. The molecule has 2 rings (SSSR count). The summed E-state index contributed by atoms with van der Waals surface area (Å²) in [6.45, 7) is 1.11. The first-order chi connectivity index (χ1) is 9.04. The first-order valence-electron chi connectivity index (χ1n) is 6.35. The third-order valence-electron chi connectivity index (χ3n) is 3.30.